The van der Waals surface area contributed by atoms with Crippen molar-refractivity contribution >= 4 is 27.4 Å². The van der Waals surface area contributed by atoms with Gasteiger partial charge >= 0.3 is 0 Å². The van der Waals surface area contributed by atoms with Crippen molar-refractivity contribution < 1.29 is 13.2 Å². The van der Waals surface area contributed by atoms with E-state index in [-0.39, 0.29) is 12.0 Å². The van der Waals surface area contributed by atoms with Crippen molar-refractivity contribution in [1.29, 1.82) is 5.26 Å². The molecule has 3 aliphatic carbocycles. The van der Waals surface area contributed by atoms with E-state index in [1.807, 2.05) is 12.1 Å². The number of benzene rings is 1. The minimum absolute atomic E-state index is 0.189. The third-order valence-electron chi connectivity index (χ3n) is 7.86. The Bertz CT molecular complexity index is 1400. The van der Waals surface area contributed by atoms with Crippen molar-refractivity contribution in [2.24, 2.45) is 11.8 Å². The van der Waals surface area contributed by atoms with Crippen LogP contribution in [0.4, 0.5) is 11.5 Å². The van der Waals surface area contributed by atoms with Crippen LogP contribution in [0.5, 0.6) is 0 Å². The summed E-state index contributed by atoms with van der Waals surface area (Å²) in [5, 5.41) is 11.0. The number of anilines is 2. The Labute approximate surface area is 218 Å². The van der Waals surface area contributed by atoms with Crippen molar-refractivity contribution in [1.82, 2.24) is 9.88 Å². The number of hydrogen-bond acceptors (Lipinski definition) is 6. The number of piperazine rings is 1. The van der Waals surface area contributed by atoms with Gasteiger partial charge in [-0.05, 0) is 68.2 Å². The zero-order chi connectivity index (χ0) is 25.7. The molecule has 6 rings (SSSR count). The first-order chi connectivity index (χ1) is 17.9. The van der Waals surface area contributed by atoms with Gasteiger partial charge in [0.15, 0.2) is 0 Å². The second kappa shape index (κ2) is 9.18. The fraction of sp³-hybridized carbons (Fsp3) is 0.464. The number of aromatic nitrogens is 1. The Morgan fingerprint density at radius 1 is 1.14 bits per heavy atom. The summed E-state index contributed by atoms with van der Waals surface area (Å²) < 4.78 is 26.5. The summed E-state index contributed by atoms with van der Waals surface area (Å²) in [5.74, 6) is 2.10. The molecule has 0 bridgehead atoms. The molecule has 1 atom stereocenters. The molecule has 1 aromatic carbocycles. The topological polar surface area (TPSA) is 106 Å². The van der Waals surface area contributed by atoms with E-state index in [1.165, 1.54) is 0 Å². The Kier molecular flexibility index (Phi) is 5.95. The number of hydrogen-bond donors (Lipinski definition) is 1. The molecule has 3 saturated carbocycles. The highest BCUT2D eigenvalue weighted by Crippen LogP contribution is 2.46. The summed E-state index contributed by atoms with van der Waals surface area (Å²) in [6.07, 6.45) is 6.43. The van der Waals surface area contributed by atoms with Crippen LogP contribution < -0.4 is 9.62 Å². The van der Waals surface area contributed by atoms with Gasteiger partial charge in [0.05, 0.1) is 17.3 Å². The zero-order valence-electron chi connectivity index (χ0n) is 20.8. The lowest BCUT2D eigenvalue weighted by Crippen LogP contribution is -2.57. The van der Waals surface area contributed by atoms with Gasteiger partial charge in [-0.3, -0.25) is 9.52 Å². The Morgan fingerprint density at radius 3 is 2.57 bits per heavy atom. The third-order valence-corrected chi connectivity index (χ3v) is 8.82. The minimum Gasteiger partial charge on any atom is -0.352 e. The summed E-state index contributed by atoms with van der Waals surface area (Å²) in [7, 11) is -3.63. The molecule has 1 aliphatic heterocycles. The van der Waals surface area contributed by atoms with Gasteiger partial charge in [0.2, 0.25) is 5.91 Å². The number of nitriles is 1. The van der Waals surface area contributed by atoms with E-state index in [1.54, 1.807) is 18.2 Å². The van der Waals surface area contributed by atoms with Crippen molar-refractivity contribution in [2.45, 2.75) is 50.5 Å². The second-order valence-electron chi connectivity index (χ2n) is 10.7. The first-order valence-corrected chi connectivity index (χ1v) is 14.7. The van der Waals surface area contributed by atoms with Crippen LogP contribution in [0.3, 0.4) is 0 Å². The molecule has 0 spiro atoms. The van der Waals surface area contributed by atoms with Gasteiger partial charge in [0.1, 0.15) is 11.9 Å². The Hall–Kier alpha value is -3.38. The molecule has 37 heavy (non-hydrogen) atoms. The first kappa shape index (κ1) is 24.0. The summed E-state index contributed by atoms with van der Waals surface area (Å²) in [5.41, 5.74) is 3.58. The van der Waals surface area contributed by atoms with Gasteiger partial charge < -0.3 is 9.80 Å². The third kappa shape index (κ3) is 4.95. The van der Waals surface area contributed by atoms with Crippen LogP contribution in [0.2, 0.25) is 0 Å². The zero-order valence-corrected chi connectivity index (χ0v) is 21.6. The minimum atomic E-state index is -3.63. The maximum absolute atomic E-state index is 12.9. The fourth-order valence-corrected chi connectivity index (χ4v) is 5.96. The normalized spacial score (nSPS) is 21.9. The number of pyridine rings is 1. The molecular formula is C28H31N5O3S. The van der Waals surface area contributed by atoms with E-state index < -0.39 is 10.0 Å². The summed E-state index contributed by atoms with van der Waals surface area (Å²) >= 11 is 0. The number of sulfonamides is 1. The highest BCUT2D eigenvalue weighted by molar-refractivity contribution is 7.95. The highest BCUT2D eigenvalue weighted by Gasteiger charge is 2.45. The fourth-order valence-electron chi connectivity index (χ4n) is 5.42. The lowest BCUT2D eigenvalue weighted by Gasteiger charge is -2.43. The van der Waals surface area contributed by atoms with Gasteiger partial charge in [0.25, 0.3) is 10.0 Å². The predicted octanol–water partition coefficient (Wildman–Crippen LogP) is 4.22. The van der Waals surface area contributed by atoms with Crippen LogP contribution in [-0.4, -0.2) is 49.9 Å². The molecule has 2 heterocycles. The summed E-state index contributed by atoms with van der Waals surface area (Å²) in [4.78, 5) is 22.4. The number of carbonyl (C=O) groups is 1. The van der Waals surface area contributed by atoms with Crippen molar-refractivity contribution in [3.8, 4) is 17.2 Å². The molecule has 1 unspecified atom stereocenters. The summed E-state index contributed by atoms with van der Waals surface area (Å²) in [6, 6.07) is 11.6. The van der Waals surface area contributed by atoms with Gasteiger partial charge in [-0.1, -0.05) is 18.7 Å². The molecular weight excluding hydrogens is 486 g/mol. The molecule has 4 aliphatic rings. The van der Waals surface area contributed by atoms with Gasteiger partial charge in [-0.2, -0.15) is 5.26 Å². The van der Waals surface area contributed by atoms with E-state index in [9.17, 15) is 18.5 Å². The average molecular weight is 518 g/mol. The van der Waals surface area contributed by atoms with Crippen molar-refractivity contribution in [3.63, 3.8) is 0 Å². The highest BCUT2D eigenvalue weighted by atomic mass is 32.2. The van der Waals surface area contributed by atoms with E-state index >= 15 is 0 Å². The number of carbonyl (C=O) groups excluding carboxylic acids is 1. The molecule has 1 aromatic heterocycles. The number of nitrogens with zero attached hydrogens (tertiary/aromatic N) is 4. The Balaban J connectivity index is 1.33. The lowest BCUT2D eigenvalue weighted by atomic mass is 9.98. The molecule has 8 nitrogen and oxygen atoms in total. The molecule has 1 N–H and O–H groups in total. The van der Waals surface area contributed by atoms with Crippen LogP contribution in [0, 0.1) is 23.2 Å². The smallest absolute Gasteiger partial charge is 0.254 e. The second-order valence-corrected chi connectivity index (χ2v) is 12.4. The van der Waals surface area contributed by atoms with Crippen molar-refractivity contribution in [3.05, 3.63) is 53.6 Å². The standard InChI is InChI=1S/C28H31N5O3S/c1-2-37(35,36)31-23-5-3-4-21(14-23)24-15-22(16-29)27(30-26(24)19-8-9-19)32-12-13-33(28(34)20-10-11-20)25(17-32)18-6-7-18/h2-5,14-15,18-20,25,31H,1,6-13,17H2. The molecule has 1 saturated heterocycles. The number of amides is 1. The van der Waals surface area contributed by atoms with Gasteiger partial charge in [-0.15, -0.1) is 0 Å². The predicted molar refractivity (Wildman–Crippen MR) is 142 cm³/mol. The van der Waals surface area contributed by atoms with Crippen LogP contribution in [0.15, 0.2) is 42.3 Å². The molecule has 192 valence electrons. The van der Waals surface area contributed by atoms with Crippen LogP contribution in [0.1, 0.15) is 55.7 Å². The van der Waals surface area contributed by atoms with Gasteiger partial charge in [-0.25, -0.2) is 13.4 Å². The van der Waals surface area contributed by atoms with Crippen LogP contribution in [-0.2, 0) is 14.8 Å². The van der Waals surface area contributed by atoms with Gasteiger partial charge in [0, 0.05) is 48.1 Å². The lowest BCUT2D eigenvalue weighted by molar-refractivity contribution is -0.135. The maximum Gasteiger partial charge on any atom is 0.254 e. The average Bonchev–Trinajstić information content (AvgIpc) is 3.76. The van der Waals surface area contributed by atoms with E-state index in [2.05, 4.69) is 27.2 Å². The Morgan fingerprint density at radius 2 is 1.92 bits per heavy atom. The SMILES string of the molecule is C=CS(=O)(=O)Nc1cccc(-c2cc(C#N)c(N3CCN(C(=O)C4CC4)C(C4CC4)C3)nc2C2CC2)c1. The maximum atomic E-state index is 12.9. The van der Waals surface area contributed by atoms with Crippen LogP contribution in [0.25, 0.3) is 11.1 Å². The first-order valence-electron chi connectivity index (χ1n) is 13.1. The monoisotopic (exact) mass is 517 g/mol. The largest absolute Gasteiger partial charge is 0.352 e. The molecule has 0 radical (unpaired) electrons. The van der Waals surface area contributed by atoms with E-state index in [0.29, 0.717) is 54.4 Å². The number of nitrogens with one attached hydrogen (secondary N) is 1. The molecule has 1 amide bonds. The molecule has 4 fully saturated rings. The molecule has 9 heteroatoms. The van der Waals surface area contributed by atoms with Crippen molar-refractivity contribution in [2.75, 3.05) is 29.3 Å². The number of rotatable bonds is 8. The van der Waals surface area contributed by atoms with Crippen LogP contribution >= 0.6 is 0 Å². The quantitative estimate of drug-likeness (QED) is 0.562. The van der Waals surface area contributed by atoms with E-state index in [0.717, 1.165) is 60.8 Å². The summed E-state index contributed by atoms with van der Waals surface area (Å²) in [6.45, 7) is 5.42. The van der Waals surface area contributed by atoms with E-state index in [4.69, 9.17) is 4.98 Å². The molecule has 2 aromatic rings.